The summed E-state index contributed by atoms with van der Waals surface area (Å²) in [4.78, 5) is 45.0. The van der Waals surface area contributed by atoms with Crippen LogP contribution in [0, 0.1) is 19.3 Å². The molecule has 5 aromatic rings. The van der Waals surface area contributed by atoms with Gasteiger partial charge in [0.05, 0.1) is 30.7 Å². The Morgan fingerprint density at radius 2 is 1.82 bits per heavy atom. The number of fused-ring (bicyclic) bond motifs is 3. The van der Waals surface area contributed by atoms with Gasteiger partial charge >= 0.3 is 0 Å². The average Bonchev–Trinajstić information content (AvgIpc) is 3.45. The Hall–Kier alpha value is -5.08. The van der Waals surface area contributed by atoms with Crippen molar-refractivity contribution in [3.63, 3.8) is 0 Å². The Balaban J connectivity index is 1.49. The van der Waals surface area contributed by atoms with Crippen LogP contribution in [0.2, 0.25) is 0 Å². The second-order valence-corrected chi connectivity index (χ2v) is 11.5. The molecule has 0 aliphatic carbocycles. The number of halogens is 2. The summed E-state index contributed by atoms with van der Waals surface area (Å²) >= 11 is 3.34. The van der Waals surface area contributed by atoms with Gasteiger partial charge in [-0.15, -0.1) is 0 Å². The predicted octanol–water partition coefficient (Wildman–Crippen LogP) is 5.39. The number of benzene rings is 3. The lowest BCUT2D eigenvalue weighted by Gasteiger charge is -2.30. The first-order chi connectivity index (χ1) is 21.2. The molecular formula is C33H26BrFN6O3. The number of carbonyl (C=O) groups is 2. The van der Waals surface area contributed by atoms with Crippen LogP contribution in [0.25, 0.3) is 16.2 Å². The molecule has 220 valence electrons. The van der Waals surface area contributed by atoms with E-state index in [0.29, 0.717) is 68.0 Å². The first kappa shape index (κ1) is 29.0. The fourth-order valence-electron chi connectivity index (χ4n) is 5.57. The molecule has 0 bridgehead atoms. The number of hydrogen-bond donors (Lipinski definition) is 1. The number of nitrogens with one attached hydrogen (secondary N) is 1. The summed E-state index contributed by atoms with van der Waals surface area (Å²) in [6.07, 6.45) is 2.10. The van der Waals surface area contributed by atoms with Gasteiger partial charge in [-0.25, -0.2) is 13.8 Å². The van der Waals surface area contributed by atoms with E-state index < -0.39 is 0 Å². The topological polar surface area (TPSA) is 93.1 Å². The summed E-state index contributed by atoms with van der Waals surface area (Å²) in [7, 11) is 1.55. The molecule has 11 heteroatoms. The van der Waals surface area contributed by atoms with Crippen LogP contribution >= 0.6 is 15.9 Å². The molecule has 0 saturated carbocycles. The predicted molar refractivity (Wildman–Crippen MR) is 167 cm³/mol. The fraction of sp³-hybridized carbons (Fsp3) is 0.182. The third kappa shape index (κ3) is 5.07. The zero-order valence-corrected chi connectivity index (χ0v) is 25.5. The Bertz CT molecular complexity index is 2080. The van der Waals surface area contributed by atoms with E-state index in [1.54, 1.807) is 75.8 Å². The second kappa shape index (κ2) is 11.5. The molecule has 0 unspecified atom stereocenters. The fourth-order valence-corrected chi connectivity index (χ4v) is 5.91. The van der Waals surface area contributed by atoms with Crippen molar-refractivity contribution >= 4 is 39.1 Å². The Morgan fingerprint density at radius 3 is 2.52 bits per heavy atom. The van der Waals surface area contributed by atoms with E-state index in [1.807, 2.05) is 13.0 Å². The Morgan fingerprint density at radius 1 is 1.07 bits per heavy atom. The number of amides is 2. The lowest BCUT2D eigenvalue weighted by atomic mass is 10.0. The normalized spacial score (nSPS) is 12.6. The van der Waals surface area contributed by atoms with Gasteiger partial charge in [-0.1, -0.05) is 40.2 Å². The third-order valence-electron chi connectivity index (χ3n) is 7.87. The number of aromatic nitrogens is 3. The van der Waals surface area contributed by atoms with Gasteiger partial charge in [-0.3, -0.25) is 19.0 Å². The largest absolute Gasteiger partial charge is 0.355 e. The van der Waals surface area contributed by atoms with E-state index in [2.05, 4.69) is 31.2 Å². The van der Waals surface area contributed by atoms with E-state index in [-0.39, 0.29) is 36.2 Å². The van der Waals surface area contributed by atoms with Crippen LogP contribution in [-0.4, -0.2) is 44.5 Å². The standard InChI is InChI=1S/C33H26BrFN6O3/c1-19-4-5-21(27(35)14-19)15-23-17-38-41-29-18-39(32(43)22-8-11-26(34)28(16-22)36-2)13-12-25(29)33(44)40(31(23)41)24-9-6-20(7-10-24)30(42)37-3/h4-11,14,16-17H,12-13,15,18H2,1,3H3,(H,37,42). The van der Waals surface area contributed by atoms with Crippen LogP contribution in [-0.2, 0) is 19.4 Å². The molecule has 6 rings (SSSR count). The quantitative estimate of drug-likeness (QED) is 0.258. The molecule has 2 amide bonds. The summed E-state index contributed by atoms with van der Waals surface area (Å²) in [6.45, 7) is 9.64. The highest BCUT2D eigenvalue weighted by molar-refractivity contribution is 9.10. The molecule has 3 heterocycles. The highest BCUT2D eigenvalue weighted by Gasteiger charge is 2.29. The van der Waals surface area contributed by atoms with E-state index in [1.165, 1.54) is 6.07 Å². The first-order valence-electron chi connectivity index (χ1n) is 13.9. The summed E-state index contributed by atoms with van der Waals surface area (Å²) in [5.74, 6) is -0.862. The molecule has 0 fully saturated rings. The second-order valence-electron chi connectivity index (χ2n) is 10.6. The number of aryl methyl sites for hydroxylation is 1. The van der Waals surface area contributed by atoms with Crippen molar-refractivity contribution in [3.05, 3.63) is 138 Å². The monoisotopic (exact) mass is 652 g/mol. The number of rotatable bonds is 5. The number of nitrogens with zero attached hydrogens (tertiary/aromatic N) is 5. The van der Waals surface area contributed by atoms with Crippen molar-refractivity contribution in [2.24, 2.45) is 0 Å². The van der Waals surface area contributed by atoms with Crippen molar-refractivity contribution < 1.29 is 14.0 Å². The van der Waals surface area contributed by atoms with Crippen LogP contribution in [0.15, 0.2) is 76.1 Å². The molecule has 1 aliphatic heterocycles. The van der Waals surface area contributed by atoms with Crippen molar-refractivity contribution in [1.82, 2.24) is 24.4 Å². The van der Waals surface area contributed by atoms with Gasteiger partial charge in [-0.05, 0) is 60.9 Å². The maximum absolute atomic E-state index is 15.0. The molecule has 3 aromatic carbocycles. The van der Waals surface area contributed by atoms with E-state index in [9.17, 15) is 18.8 Å². The maximum Gasteiger partial charge on any atom is 0.261 e. The van der Waals surface area contributed by atoms with Crippen molar-refractivity contribution in [3.8, 4) is 5.69 Å². The highest BCUT2D eigenvalue weighted by Crippen LogP contribution is 2.29. The highest BCUT2D eigenvalue weighted by atomic mass is 79.9. The van der Waals surface area contributed by atoms with Gasteiger partial charge in [0.2, 0.25) is 5.69 Å². The Labute approximate surface area is 260 Å². The summed E-state index contributed by atoms with van der Waals surface area (Å²) in [5.41, 5.74) is 4.84. The van der Waals surface area contributed by atoms with E-state index in [4.69, 9.17) is 6.57 Å². The third-order valence-corrected chi connectivity index (χ3v) is 8.54. The van der Waals surface area contributed by atoms with Crippen LogP contribution < -0.4 is 10.9 Å². The van der Waals surface area contributed by atoms with Gasteiger partial charge in [0.1, 0.15) is 11.5 Å². The molecule has 2 aromatic heterocycles. The van der Waals surface area contributed by atoms with Crippen LogP contribution in [0.3, 0.4) is 0 Å². The smallest absolute Gasteiger partial charge is 0.261 e. The summed E-state index contributed by atoms with van der Waals surface area (Å²) in [6, 6.07) is 16.6. The molecule has 0 radical (unpaired) electrons. The molecule has 1 aliphatic rings. The molecule has 0 spiro atoms. The molecule has 1 N–H and O–H groups in total. The van der Waals surface area contributed by atoms with Gasteiger partial charge in [0.25, 0.3) is 17.4 Å². The van der Waals surface area contributed by atoms with Gasteiger partial charge < -0.3 is 10.2 Å². The van der Waals surface area contributed by atoms with E-state index >= 15 is 0 Å². The molecule has 9 nitrogen and oxygen atoms in total. The minimum atomic E-state index is -0.351. The molecule has 44 heavy (non-hydrogen) atoms. The maximum atomic E-state index is 15.0. The van der Waals surface area contributed by atoms with Crippen molar-refractivity contribution in [1.29, 1.82) is 0 Å². The zero-order chi connectivity index (χ0) is 31.1. The average molecular weight is 654 g/mol. The number of carbonyl (C=O) groups excluding carboxylic acids is 2. The SMILES string of the molecule is [C-]#[N+]c1cc(C(=O)N2CCc3c(n4ncc(Cc5ccc(C)cc5F)c4n(-c4ccc(C(=O)NC)cc4)c3=O)C2)ccc1Br. The lowest BCUT2D eigenvalue weighted by Crippen LogP contribution is -2.41. The molecule has 0 saturated heterocycles. The van der Waals surface area contributed by atoms with Crippen LogP contribution in [0.4, 0.5) is 10.1 Å². The molecule has 0 atom stereocenters. The van der Waals surface area contributed by atoms with Gasteiger partial charge in [-0.2, -0.15) is 5.10 Å². The van der Waals surface area contributed by atoms with Gasteiger partial charge in [0.15, 0.2) is 0 Å². The minimum absolute atomic E-state index is 0.125. The molecular weight excluding hydrogens is 627 g/mol. The number of hydrogen-bond acceptors (Lipinski definition) is 4. The van der Waals surface area contributed by atoms with Crippen molar-refractivity contribution in [2.75, 3.05) is 13.6 Å². The zero-order valence-electron chi connectivity index (χ0n) is 23.9. The summed E-state index contributed by atoms with van der Waals surface area (Å²) < 4.78 is 18.8. The minimum Gasteiger partial charge on any atom is -0.355 e. The first-order valence-corrected chi connectivity index (χ1v) is 14.7. The van der Waals surface area contributed by atoms with Crippen LogP contribution in [0.5, 0.6) is 0 Å². The summed E-state index contributed by atoms with van der Waals surface area (Å²) in [5, 5.41) is 7.25. The lowest BCUT2D eigenvalue weighted by molar-refractivity contribution is 0.0729. The Kier molecular flexibility index (Phi) is 7.61. The van der Waals surface area contributed by atoms with Crippen molar-refractivity contribution in [2.45, 2.75) is 26.3 Å². The van der Waals surface area contributed by atoms with E-state index in [0.717, 1.165) is 5.56 Å². The van der Waals surface area contributed by atoms with Gasteiger partial charge in [0, 0.05) is 46.7 Å². The van der Waals surface area contributed by atoms with Crippen LogP contribution in [0.1, 0.15) is 48.7 Å².